The van der Waals surface area contributed by atoms with Crippen LogP contribution in [0.4, 0.5) is 0 Å². The second kappa shape index (κ2) is 14.1. The van der Waals surface area contributed by atoms with E-state index in [0.29, 0.717) is 0 Å². The number of aliphatic hydroxyl groups excluding tert-OH is 2. The summed E-state index contributed by atoms with van der Waals surface area (Å²) >= 11 is 0. The summed E-state index contributed by atoms with van der Waals surface area (Å²) in [4.78, 5) is 18.7. The summed E-state index contributed by atoms with van der Waals surface area (Å²) in [5, 5.41) is 25.0. The van der Waals surface area contributed by atoms with Crippen molar-refractivity contribution in [2.45, 2.75) is 18.2 Å². The van der Waals surface area contributed by atoms with Crippen molar-refractivity contribution in [3.63, 3.8) is 0 Å². The third-order valence-corrected chi connectivity index (χ3v) is 4.58. The van der Waals surface area contributed by atoms with Crippen LogP contribution in [0.25, 0.3) is 0 Å². The average molecular weight is 376 g/mol. The van der Waals surface area contributed by atoms with Gasteiger partial charge in [-0.1, -0.05) is 0 Å². The van der Waals surface area contributed by atoms with Crippen LogP contribution in [0.15, 0.2) is 0 Å². The summed E-state index contributed by atoms with van der Waals surface area (Å²) in [5.74, 6) is 0. The molecule has 0 aliphatic carbocycles. The average Bonchev–Trinajstić information content (AvgIpc) is 2.52. The molecule has 0 aliphatic rings. The van der Waals surface area contributed by atoms with E-state index in [4.69, 9.17) is 29.2 Å². The van der Waals surface area contributed by atoms with E-state index in [9.17, 15) is 19.5 Å². The van der Waals surface area contributed by atoms with Crippen LogP contribution >= 0.6 is 7.60 Å². The number of hydrogen-bond donors (Lipinski definition) is 5. The number of hydrogen-bond acceptors (Lipinski definition) is 8. The standard InChI is InChI=1S/C13H29O10P/c14-3-7-22-11-9-20-5-1-13(16,24(17,18)19)2-6-21-10-12-23-8-4-15/h14-16H,1-12H2,(H2,17,18,19). The number of aliphatic hydroxyl groups is 3. The zero-order chi connectivity index (χ0) is 18.3. The first-order valence-corrected chi connectivity index (χ1v) is 9.29. The molecule has 0 rings (SSSR count). The molecule has 0 aromatic heterocycles. The zero-order valence-electron chi connectivity index (χ0n) is 13.7. The fraction of sp³-hybridized carbons (Fsp3) is 1.00. The van der Waals surface area contributed by atoms with Crippen LogP contribution in [-0.4, -0.2) is 96.5 Å². The molecule has 11 heteroatoms. The monoisotopic (exact) mass is 376 g/mol. The second-order valence-corrected chi connectivity index (χ2v) is 6.84. The highest BCUT2D eigenvalue weighted by molar-refractivity contribution is 7.53. The van der Waals surface area contributed by atoms with Gasteiger partial charge in [0.05, 0.1) is 66.1 Å². The fourth-order valence-electron chi connectivity index (χ4n) is 1.66. The minimum Gasteiger partial charge on any atom is -0.394 e. The predicted octanol–water partition coefficient (Wildman–Crippen LogP) is -1.32. The van der Waals surface area contributed by atoms with E-state index in [1.165, 1.54) is 0 Å². The van der Waals surface area contributed by atoms with Gasteiger partial charge in [0.2, 0.25) is 0 Å². The van der Waals surface area contributed by atoms with Crippen molar-refractivity contribution in [2.75, 3.05) is 66.1 Å². The lowest BCUT2D eigenvalue weighted by molar-refractivity contribution is -0.0129. The van der Waals surface area contributed by atoms with Gasteiger partial charge >= 0.3 is 7.60 Å². The molecule has 0 spiro atoms. The van der Waals surface area contributed by atoms with Gasteiger partial charge < -0.3 is 44.1 Å². The highest BCUT2D eigenvalue weighted by Gasteiger charge is 2.44. The first kappa shape index (κ1) is 23.9. The van der Waals surface area contributed by atoms with Crippen LogP contribution in [0.5, 0.6) is 0 Å². The Balaban J connectivity index is 3.99. The van der Waals surface area contributed by atoms with Gasteiger partial charge in [-0.05, 0) is 0 Å². The normalized spacial score (nSPS) is 12.7. The second-order valence-electron chi connectivity index (χ2n) is 4.92. The molecule has 0 heterocycles. The summed E-state index contributed by atoms with van der Waals surface area (Å²) < 4.78 is 31.7. The minimum atomic E-state index is -4.75. The number of ether oxygens (including phenoxy) is 4. The fourth-order valence-corrected chi connectivity index (χ4v) is 2.43. The molecule has 0 saturated carbocycles. The Morgan fingerprint density at radius 1 is 0.667 bits per heavy atom. The molecule has 0 amide bonds. The van der Waals surface area contributed by atoms with Gasteiger partial charge in [0.1, 0.15) is 0 Å². The maximum absolute atomic E-state index is 11.5. The van der Waals surface area contributed by atoms with Crippen LogP contribution in [0.3, 0.4) is 0 Å². The molecule has 10 nitrogen and oxygen atoms in total. The minimum absolute atomic E-state index is 0.0519. The highest BCUT2D eigenvalue weighted by atomic mass is 31.2. The summed E-state index contributed by atoms with van der Waals surface area (Å²) in [6.07, 6.45) is -0.497. The van der Waals surface area contributed by atoms with Crippen molar-refractivity contribution in [2.24, 2.45) is 0 Å². The summed E-state index contributed by atoms with van der Waals surface area (Å²) in [6, 6.07) is 0. The van der Waals surface area contributed by atoms with Crippen LogP contribution in [0.2, 0.25) is 0 Å². The van der Waals surface area contributed by atoms with Crippen LogP contribution in [-0.2, 0) is 23.5 Å². The molecule has 0 aromatic rings. The van der Waals surface area contributed by atoms with Gasteiger partial charge in [-0.2, -0.15) is 0 Å². The molecule has 146 valence electrons. The molecule has 0 aromatic carbocycles. The Labute approximate surface area is 141 Å². The summed E-state index contributed by atoms with van der Waals surface area (Å²) in [7, 11) is -4.75. The molecule has 0 unspecified atom stereocenters. The topological polar surface area (TPSA) is 155 Å². The molecule has 0 atom stereocenters. The molecular weight excluding hydrogens is 347 g/mol. The lowest BCUT2D eigenvalue weighted by Crippen LogP contribution is -2.32. The van der Waals surface area contributed by atoms with Crippen molar-refractivity contribution in [3.05, 3.63) is 0 Å². The maximum atomic E-state index is 11.5. The Morgan fingerprint density at radius 3 is 1.29 bits per heavy atom. The smallest absolute Gasteiger partial charge is 0.356 e. The van der Waals surface area contributed by atoms with Crippen molar-refractivity contribution >= 4 is 7.60 Å². The maximum Gasteiger partial charge on any atom is 0.356 e. The Hall–Kier alpha value is -0.130. The SMILES string of the molecule is O=P(O)(O)C(O)(CCOCCOCCO)CCOCCOCCO. The van der Waals surface area contributed by atoms with E-state index < -0.39 is 12.9 Å². The summed E-state index contributed by atoms with van der Waals surface area (Å²) in [6.45, 7) is 0.952. The third-order valence-electron chi connectivity index (χ3n) is 3.05. The van der Waals surface area contributed by atoms with Gasteiger partial charge in [0.25, 0.3) is 0 Å². The summed E-state index contributed by atoms with van der Waals surface area (Å²) in [5.41, 5.74) is 0. The molecule has 0 radical (unpaired) electrons. The van der Waals surface area contributed by atoms with E-state index >= 15 is 0 Å². The molecule has 24 heavy (non-hydrogen) atoms. The van der Waals surface area contributed by atoms with E-state index in [-0.39, 0.29) is 78.9 Å². The van der Waals surface area contributed by atoms with Gasteiger partial charge in [-0.25, -0.2) is 0 Å². The van der Waals surface area contributed by atoms with Crippen molar-refractivity contribution in [3.8, 4) is 0 Å². The first-order valence-electron chi connectivity index (χ1n) is 7.68. The quantitative estimate of drug-likeness (QED) is 0.152. The first-order chi connectivity index (χ1) is 11.4. The molecule has 0 saturated heterocycles. The Morgan fingerprint density at radius 2 is 1.00 bits per heavy atom. The van der Waals surface area contributed by atoms with Crippen LogP contribution in [0, 0.1) is 0 Å². The van der Waals surface area contributed by atoms with Gasteiger partial charge in [0, 0.05) is 12.8 Å². The predicted molar refractivity (Wildman–Crippen MR) is 83.7 cm³/mol. The Kier molecular flexibility index (Phi) is 14.0. The number of rotatable bonds is 17. The van der Waals surface area contributed by atoms with E-state index in [1.54, 1.807) is 0 Å². The molecule has 5 N–H and O–H groups in total. The third kappa shape index (κ3) is 11.4. The molecule has 0 fully saturated rings. The Bertz CT molecular complexity index is 317. The highest BCUT2D eigenvalue weighted by Crippen LogP contribution is 2.52. The van der Waals surface area contributed by atoms with E-state index in [2.05, 4.69) is 0 Å². The van der Waals surface area contributed by atoms with Crippen molar-refractivity contribution in [1.82, 2.24) is 0 Å². The molecular formula is C13H29O10P. The van der Waals surface area contributed by atoms with Crippen molar-refractivity contribution in [1.29, 1.82) is 0 Å². The zero-order valence-corrected chi connectivity index (χ0v) is 14.6. The molecule has 0 bridgehead atoms. The van der Waals surface area contributed by atoms with E-state index in [1.807, 2.05) is 0 Å². The van der Waals surface area contributed by atoms with E-state index in [0.717, 1.165) is 0 Å². The van der Waals surface area contributed by atoms with Crippen LogP contribution in [0.1, 0.15) is 12.8 Å². The van der Waals surface area contributed by atoms with Crippen LogP contribution < -0.4 is 0 Å². The van der Waals surface area contributed by atoms with Gasteiger partial charge in [-0.15, -0.1) is 0 Å². The van der Waals surface area contributed by atoms with Gasteiger partial charge in [-0.3, -0.25) is 4.57 Å². The van der Waals surface area contributed by atoms with Crippen molar-refractivity contribution < 1.29 is 48.6 Å². The molecule has 0 aliphatic heterocycles. The largest absolute Gasteiger partial charge is 0.394 e. The lowest BCUT2D eigenvalue weighted by Gasteiger charge is -2.28. The van der Waals surface area contributed by atoms with Gasteiger partial charge in [0.15, 0.2) is 5.34 Å². The lowest BCUT2D eigenvalue weighted by atomic mass is 10.2.